The largest absolute Gasteiger partial charge is 0.380 e. The maximum atomic E-state index is 12.3. The van der Waals surface area contributed by atoms with E-state index in [-0.39, 0.29) is 11.4 Å². The first kappa shape index (κ1) is 18.4. The Bertz CT molecular complexity index is 562. The van der Waals surface area contributed by atoms with Crippen molar-refractivity contribution in [3.05, 3.63) is 28.3 Å². The number of benzene rings is 1. The standard InChI is InChI=1S/C14H23ClN2O3S/c1-4-16-10-12-8-13(15)9-14(11(12)3)21(18,19)17-6-7-20-5-2/h8-9,16-17H,4-7,10H2,1-3H3. The number of hydrogen-bond donors (Lipinski definition) is 2. The Morgan fingerprint density at radius 3 is 2.62 bits per heavy atom. The Morgan fingerprint density at radius 1 is 1.29 bits per heavy atom. The fourth-order valence-corrected chi connectivity index (χ4v) is 3.53. The number of nitrogens with one attached hydrogen (secondary N) is 2. The lowest BCUT2D eigenvalue weighted by molar-refractivity contribution is 0.153. The van der Waals surface area contributed by atoms with Crippen LogP contribution in [0.5, 0.6) is 0 Å². The van der Waals surface area contributed by atoms with Gasteiger partial charge in [-0.15, -0.1) is 0 Å². The van der Waals surface area contributed by atoms with Gasteiger partial charge < -0.3 is 10.1 Å². The molecule has 0 amide bonds. The first-order valence-corrected chi connectivity index (χ1v) is 8.85. The molecular formula is C14H23ClN2O3S. The molecule has 1 rings (SSSR count). The zero-order valence-corrected chi connectivity index (χ0v) is 14.3. The molecule has 0 fully saturated rings. The summed E-state index contributed by atoms with van der Waals surface area (Å²) in [5.74, 6) is 0. The van der Waals surface area contributed by atoms with E-state index in [1.165, 1.54) is 6.07 Å². The Hall–Kier alpha value is -0.660. The molecule has 0 aliphatic heterocycles. The molecule has 21 heavy (non-hydrogen) atoms. The minimum Gasteiger partial charge on any atom is -0.380 e. The molecule has 0 aromatic heterocycles. The molecule has 5 nitrogen and oxygen atoms in total. The Labute approximate surface area is 132 Å². The first-order chi connectivity index (χ1) is 9.92. The van der Waals surface area contributed by atoms with Crippen LogP contribution in [0.3, 0.4) is 0 Å². The molecule has 0 bridgehead atoms. The van der Waals surface area contributed by atoms with E-state index in [2.05, 4.69) is 10.0 Å². The van der Waals surface area contributed by atoms with Gasteiger partial charge in [0.05, 0.1) is 11.5 Å². The molecule has 1 aromatic rings. The van der Waals surface area contributed by atoms with Gasteiger partial charge in [0.2, 0.25) is 10.0 Å². The molecule has 0 spiro atoms. The molecule has 0 unspecified atom stereocenters. The summed E-state index contributed by atoms with van der Waals surface area (Å²) in [6, 6.07) is 3.27. The van der Waals surface area contributed by atoms with Crippen LogP contribution in [0.25, 0.3) is 0 Å². The Balaban J connectivity index is 2.97. The predicted molar refractivity (Wildman–Crippen MR) is 85.3 cm³/mol. The van der Waals surface area contributed by atoms with Gasteiger partial charge in [-0.05, 0) is 43.7 Å². The maximum Gasteiger partial charge on any atom is 0.240 e. The highest BCUT2D eigenvalue weighted by molar-refractivity contribution is 7.89. The normalized spacial score (nSPS) is 11.8. The van der Waals surface area contributed by atoms with Crippen LogP contribution in [0.1, 0.15) is 25.0 Å². The molecule has 0 saturated carbocycles. The van der Waals surface area contributed by atoms with Gasteiger partial charge in [0.25, 0.3) is 0 Å². The number of sulfonamides is 1. The van der Waals surface area contributed by atoms with Gasteiger partial charge in [-0.3, -0.25) is 0 Å². The molecule has 0 saturated heterocycles. The van der Waals surface area contributed by atoms with Gasteiger partial charge in [0.1, 0.15) is 0 Å². The minimum atomic E-state index is -3.58. The van der Waals surface area contributed by atoms with Crippen molar-refractivity contribution in [2.24, 2.45) is 0 Å². The maximum absolute atomic E-state index is 12.3. The van der Waals surface area contributed by atoms with Gasteiger partial charge in [0, 0.05) is 24.7 Å². The zero-order chi connectivity index (χ0) is 15.9. The quantitative estimate of drug-likeness (QED) is 0.678. The highest BCUT2D eigenvalue weighted by Gasteiger charge is 2.19. The Morgan fingerprint density at radius 2 is 2.00 bits per heavy atom. The van der Waals surface area contributed by atoms with E-state index in [0.717, 1.165) is 12.1 Å². The van der Waals surface area contributed by atoms with Crippen LogP contribution in [-0.4, -0.2) is 34.7 Å². The predicted octanol–water partition coefficient (Wildman–Crippen LogP) is 2.07. The Kier molecular flexibility index (Phi) is 7.62. The van der Waals surface area contributed by atoms with E-state index in [1.807, 2.05) is 13.8 Å². The second kappa shape index (κ2) is 8.70. The van der Waals surface area contributed by atoms with Crippen LogP contribution >= 0.6 is 11.6 Å². The molecule has 7 heteroatoms. The molecule has 0 radical (unpaired) electrons. The summed E-state index contributed by atoms with van der Waals surface area (Å²) >= 11 is 6.05. The van der Waals surface area contributed by atoms with Crippen LogP contribution < -0.4 is 10.0 Å². The van der Waals surface area contributed by atoms with Crippen molar-refractivity contribution in [2.75, 3.05) is 26.3 Å². The highest BCUT2D eigenvalue weighted by atomic mass is 35.5. The number of rotatable bonds is 9. The fraction of sp³-hybridized carbons (Fsp3) is 0.571. The van der Waals surface area contributed by atoms with E-state index in [1.54, 1.807) is 13.0 Å². The summed E-state index contributed by atoms with van der Waals surface area (Å²) in [5.41, 5.74) is 1.60. The summed E-state index contributed by atoms with van der Waals surface area (Å²) in [6.07, 6.45) is 0. The number of halogens is 1. The summed E-state index contributed by atoms with van der Waals surface area (Å²) in [6.45, 7) is 8.19. The average Bonchev–Trinajstić information content (AvgIpc) is 2.44. The summed E-state index contributed by atoms with van der Waals surface area (Å²) in [4.78, 5) is 0.222. The van der Waals surface area contributed by atoms with E-state index >= 15 is 0 Å². The van der Waals surface area contributed by atoms with Gasteiger partial charge in [-0.1, -0.05) is 18.5 Å². The molecular weight excluding hydrogens is 312 g/mol. The molecule has 1 aromatic carbocycles. The van der Waals surface area contributed by atoms with E-state index in [4.69, 9.17) is 16.3 Å². The van der Waals surface area contributed by atoms with Crippen LogP contribution in [0.15, 0.2) is 17.0 Å². The number of ether oxygens (including phenoxy) is 1. The average molecular weight is 335 g/mol. The van der Waals surface area contributed by atoms with Crippen LogP contribution in [0.4, 0.5) is 0 Å². The van der Waals surface area contributed by atoms with Crippen molar-refractivity contribution in [1.29, 1.82) is 0 Å². The van der Waals surface area contributed by atoms with Gasteiger partial charge in [-0.25, -0.2) is 13.1 Å². The van der Waals surface area contributed by atoms with Gasteiger partial charge in [0.15, 0.2) is 0 Å². The van der Waals surface area contributed by atoms with Crippen LogP contribution in [0, 0.1) is 6.92 Å². The molecule has 0 aliphatic rings. The van der Waals surface area contributed by atoms with E-state index in [0.29, 0.717) is 30.3 Å². The van der Waals surface area contributed by atoms with Crippen molar-refractivity contribution >= 4 is 21.6 Å². The number of hydrogen-bond acceptors (Lipinski definition) is 4. The van der Waals surface area contributed by atoms with E-state index in [9.17, 15) is 8.42 Å². The fourth-order valence-electron chi connectivity index (χ4n) is 1.90. The molecule has 0 heterocycles. The van der Waals surface area contributed by atoms with Crippen LogP contribution in [0.2, 0.25) is 5.02 Å². The third-order valence-electron chi connectivity index (χ3n) is 3.03. The lowest BCUT2D eigenvalue weighted by atomic mass is 10.1. The van der Waals surface area contributed by atoms with Gasteiger partial charge in [-0.2, -0.15) is 0 Å². The van der Waals surface area contributed by atoms with Gasteiger partial charge >= 0.3 is 0 Å². The summed E-state index contributed by atoms with van der Waals surface area (Å²) in [7, 11) is -3.58. The van der Waals surface area contributed by atoms with Crippen molar-refractivity contribution in [3.8, 4) is 0 Å². The summed E-state index contributed by atoms with van der Waals surface area (Å²) < 4.78 is 32.4. The van der Waals surface area contributed by atoms with Crippen molar-refractivity contribution < 1.29 is 13.2 Å². The topological polar surface area (TPSA) is 67.4 Å². The second-order valence-electron chi connectivity index (χ2n) is 4.56. The molecule has 120 valence electrons. The third kappa shape index (κ3) is 5.56. The first-order valence-electron chi connectivity index (χ1n) is 6.99. The minimum absolute atomic E-state index is 0.222. The van der Waals surface area contributed by atoms with E-state index < -0.39 is 10.0 Å². The molecule has 0 atom stereocenters. The lowest BCUT2D eigenvalue weighted by Crippen LogP contribution is -2.28. The van der Waals surface area contributed by atoms with Crippen molar-refractivity contribution in [2.45, 2.75) is 32.2 Å². The summed E-state index contributed by atoms with van der Waals surface area (Å²) in [5, 5.41) is 3.59. The van der Waals surface area contributed by atoms with Crippen molar-refractivity contribution in [1.82, 2.24) is 10.0 Å². The second-order valence-corrected chi connectivity index (χ2v) is 6.73. The highest BCUT2D eigenvalue weighted by Crippen LogP contribution is 2.24. The molecule has 0 aliphatic carbocycles. The smallest absolute Gasteiger partial charge is 0.240 e. The third-order valence-corrected chi connectivity index (χ3v) is 4.84. The van der Waals surface area contributed by atoms with Crippen LogP contribution in [-0.2, 0) is 21.3 Å². The SMILES string of the molecule is CCNCc1cc(Cl)cc(S(=O)(=O)NCCOCC)c1C. The molecule has 2 N–H and O–H groups in total. The zero-order valence-electron chi connectivity index (χ0n) is 12.7. The monoisotopic (exact) mass is 334 g/mol. The lowest BCUT2D eigenvalue weighted by Gasteiger charge is -2.14. The van der Waals surface area contributed by atoms with Crippen molar-refractivity contribution in [3.63, 3.8) is 0 Å².